The molecule has 0 bridgehead atoms. The molecule has 2 amide bonds. The van der Waals surface area contributed by atoms with Gasteiger partial charge in [0.2, 0.25) is 5.91 Å². The Morgan fingerprint density at radius 2 is 1.93 bits per heavy atom. The van der Waals surface area contributed by atoms with Crippen molar-refractivity contribution in [3.8, 4) is 0 Å². The summed E-state index contributed by atoms with van der Waals surface area (Å²) in [5.74, 6) is 0.433. The van der Waals surface area contributed by atoms with Crippen LogP contribution in [0, 0.1) is 18.8 Å². The van der Waals surface area contributed by atoms with Crippen molar-refractivity contribution >= 4 is 29.1 Å². The number of hydrogen-bond acceptors (Lipinski definition) is 2. The number of anilines is 1. The average molecular weight is 385 g/mol. The Bertz CT molecular complexity index is 863. The Morgan fingerprint density at radius 1 is 1.19 bits per heavy atom. The maximum absolute atomic E-state index is 12.6. The Morgan fingerprint density at radius 3 is 2.59 bits per heavy atom. The van der Waals surface area contributed by atoms with Gasteiger partial charge in [0, 0.05) is 28.7 Å². The maximum Gasteiger partial charge on any atom is 0.251 e. The SMILES string of the molecule is Cc1cc(C(=O)NCC(C)C)ccc1NC(=O)C1CC1c1ccccc1Cl. The summed E-state index contributed by atoms with van der Waals surface area (Å²) in [5.41, 5.74) is 3.25. The number of rotatable bonds is 6. The van der Waals surface area contributed by atoms with Gasteiger partial charge < -0.3 is 10.6 Å². The highest BCUT2D eigenvalue weighted by molar-refractivity contribution is 6.31. The molecule has 0 aliphatic heterocycles. The molecule has 2 unspecified atom stereocenters. The molecule has 1 aliphatic carbocycles. The number of carbonyl (C=O) groups excluding carboxylic acids is 2. The van der Waals surface area contributed by atoms with Crippen LogP contribution in [-0.2, 0) is 4.79 Å². The van der Waals surface area contributed by atoms with E-state index in [9.17, 15) is 9.59 Å². The van der Waals surface area contributed by atoms with E-state index in [1.54, 1.807) is 12.1 Å². The third-order valence-electron chi connectivity index (χ3n) is 4.85. The number of aryl methyl sites for hydroxylation is 1. The molecule has 1 aliphatic rings. The molecule has 2 aromatic carbocycles. The van der Waals surface area contributed by atoms with Gasteiger partial charge in [-0.05, 0) is 60.6 Å². The first-order valence-electron chi connectivity index (χ1n) is 9.31. The zero-order valence-corrected chi connectivity index (χ0v) is 16.6. The van der Waals surface area contributed by atoms with Crippen molar-refractivity contribution in [1.82, 2.24) is 5.32 Å². The largest absolute Gasteiger partial charge is 0.352 e. The fourth-order valence-corrected chi connectivity index (χ4v) is 3.45. The summed E-state index contributed by atoms with van der Waals surface area (Å²) >= 11 is 6.24. The summed E-state index contributed by atoms with van der Waals surface area (Å²) in [6, 6.07) is 13.0. The Balaban J connectivity index is 1.62. The summed E-state index contributed by atoms with van der Waals surface area (Å²) in [7, 11) is 0. The van der Waals surface area contributed by atoms with E-state index in [4.69, 9.17) is 11.6 Å². The summed E-state index contributed by atoms with van der Waals surface area (Å²) in [4.78, 5) is 24.8. The predicted octanol–water partition coefficient (Wildman–Crippen LogP) is 4.78. The first kappa shape index (κ1) is 19.4. The number of nitrogens with one attached hydrogen (secondary N) is 2. The molecule has 0 saturated heterocycles. The molecule has 2 aromatic rings. The number of amides is 2. The highest BCUT2D eigenvalue weighted by atomic mass is 35.5. The van der Waals surface area contributed by atoms with Crippen LogP contribution in [0.4, 0.5) is 5.69 Å². The van der Waals surface area contributed by atoms with Gasteiger partial charge in [-0.3, -0.25) is 9.59 Å². The van der Waals surface area contributed by atoms with Crippen molar-refractivity contribution in [2.45, 2.75) is 33.1 Å². The molecular weight excluding hydrogens is 360 g/mol. The van der Waals surface area contributed by atoms with Crippen LogP contribution in [-0.4, -0.2) is 18.4 Å². The van der Waals surface area contributed by atoms with Gasteiger partial charge >= 0.3 is 0 Å². The predicted molar refractivity (Wildman–Crippen MR) is 109 cm³/mol. The van der Waals surface area contributed by atoms with Crippen LogP contribution in [0.1, 0.15) is 47.7 Å². The van der Waals surface area contributed by atoms with E-state index in [1.807, 2.05) is 37.3 Å². The molecule has 2 atom stereocenters. The van der Waals surface area contributed by atoms with Crippen LogP contribution < -0.4 is 10.6 Å². The van der Waals surface area contributed by atoms with Gasteiger partial charge in [-0.2, -0.15) is 0 Å². The molecule has 2 N–H and O–H groups in total. The lowest BCUT2D eigenvalue weighted by molar-refractivity contribution is -0.117. The maximum atomic E-state index is 12.6. The lowest BCUT2D eigenvalue weighted by atomic mass is 10.1. The van der Waals surface area contributed by atoms with Crippen molar-refractivity contribution in [3.05, 3.63) is 64.2 Å². The van der Waals surface area contributed by atoms with Crippen LogP contribution in [0.5, 0.6) is 0 Å². The van der Waals surface area contributed by atoms with Crippen LogP contribution in [0.25, 0.3) is 0 Å². The van der Waals surface area contributed by atoms with Crippen LogP contribution in [0.3, 0.4) is 0 Å². The molecule has 27 heavy (non-hydrogen) atoms. The monoisotopic (exact) mass is 384 g/mol. The fraction of sp³-hybridized carbons (Fsp3) is 0.364. The Hall–Kier alpha value is -2.33. The lowest BCUT2D eigenvalue weighted by Gasteiger charge is -2.12. The van der Waals surface area contributed by atoms with E-state index in [-0.39, 0.29) is 23.7 Å². The minimum absolute atomic E-state index is 0.0000269. The summed E-state index contributed by atoms with van der Waals surface area (Å²) < 4.78 is 0. The highest BCUT2D eigenvalue weighted by Gasteiger charge is 2.44. The smallest absolute Gasteiger partial charge is 0.251 e. The topological polar surface area (TPSA) is 58.2 Å². The molecule has 142 valence electrons. The van der Waals surface area contributed by atoms with Gasteiger partial charge in [-0.25, -0.2) is 0 Å². The number of benzene rings is 2. The minimum atomic E-state index is -0.0920. The second-order valence-electron chi connectivity index (χ2n) is 7.59. The zero-order valence-electron chi connectivity index (χ0n) is 15.9. The molecule has 0 heterocycles. The molecule has 3 rings (SSSR count). The molecule has 1 fully saturated rings. The zero-order chi connectivity index (χ0) is 19.6. The van der Waals surface area contributed by atoms with Crippen molar-refractivity contribution in [2.24, 2.45) is 11.8 Å². The average Bonchev–Trinajstić information content (AvgIpc) is 3.42. The van der Waals surface area contributed by atoms with Crippen molar-refractivity contribution < 1.29 is 9.59 Å². The van der Waals surface area contributed by atoms with Crippen LogP contribution >= 0.6 is 11.6 Å². The van der Waals surface area contributed by atoms with E-state index in [0.29, 0.717) is 23.0 Å². The second kappa shape index (κ2) is 8.13. The highest BCUT2D eigenvalue weighted by Crippen LogP contribution is 2.50. The van der Waals surface area contributed by atoms with Crippen molar-refractivity contribution in [3.63, 3.8) is 0 Å². The second-order valence-corrected chi connectivity index (χ2v) is 8.00. The molecule has 5 heteroatoms. The normalized spacial score (nSPS) is 18.3. The van der Waals surface area contributed by atoms with Gasteiger partial charge in [0.25, 0.3) is 5.91 Å². The van der Waals surface area contributed by atoms with Gasteiger partial charge in [0.1, 0.15) is 0 Å². The minimum Gasteiger partial charge on any atom is -0.352 e. The van der Waals surface area contributed by atoms with Gasteiger partial charge in [-0.1, -0.05) is 43.6 Å². The van der Waals surface area contributed by atoms with E-state index in [2.05, 4.69) is 24.5 Å². The fourth-order valence-electron chi connectivity index (χ4n) is 3.17. The van der Waals surface area contributed by atoms with Gasteiger partial charge in [-0.15, -0.1) is 0 Å². The van der Waals surface area contributed by atoms with Gasteiger partial charge in [0.05, 0.1) is 0 Å². The standard InChI is InChI=1S/C22H25ClN2O2/c1-13(2)12-24-21(26)15-8-9-20(14(3)10-15)25-22(27)18-11-17(18)16-6-4-5-7-19(16)23/h4-10,13,17-18H,11-12H2,1-3H3,(H,24,26)(H,25,27). The summed E-state index contributed by atoms with van der Waals surface area (Å²) in [6.07, 6.45) is 0.810. The summed E-state index contributed by atoms with van der Waals surface area (Å²) in [5, 5.41) is 6.61. The Labute approximate surface area is 165 Å². The van der Waals surface area contributed by atoms with Crippen molar-refractivity contribution in [2.75, 3.05) is 11.9 Å². The van der Waals surface area contributed by atoms with Crippen LogP contribution in [0.2, 0.25) is 5.02 Å². The van der Waals surface area contributed by atoms with Gasteiger partial charge in [0.15, 0.2) is 0 Å². The molecule has 0 spiro atoms. The number of halogens is 1. The van der Waals surface area contributed by atoms with E-state index < -0.39 is 0 Å². The molecular formula is C22H25ClN2O2. The number of hydrogen-bond donors (Lipinski definition) is 2. The molecule has 0 aromatic heterocycles. The molecule has 1 saturated carbocycles. The molecule has 4 nitrogen and oxygen atoms in total. The first-order valence-corrected chi connectivity index (χ1v) is 9.68. The Kier molecular flexibility index (Phi) is 5.85. The third-order valence-corrected chi connectivity index (χ3v) is 5.19. The molecule has 0 radical (unpaired) electrons. The first-order chi connectivity index (χ1) is 12.9. The number of carbonyl (C=O) groups is 2. The van der Waals surface area contributed by atoms with E-state index in [1.165, 1.54) is 0 Å². The van der Waals surface area contributed by atoms with E-state index >= 15 is 0 Å². The van der Waals surface area contributed by atoms with E-state index in [0.717, 1.165) is 23.2 Å². The third kappa shape index (κ3) is 4.69. The summed E-state index contributed by atoms with van der Waals surface area (Å²) in [6.45, 7) is 6.64. The van der Waals surface area contributed by atoms with Crippen molar-refractivity contribution in [1.29, 1.82) is 0 Å². The van der Waals surface area contributed by atoms with Crippen LogP contribution in [0.15, 0.2) is 42.5 Å². The lowest BCUT2D eigenvalue weighted by Crippen LogP contribution is -2.27. The quantitative estimate of drug-likeness (QED) is 0.753.